The average Bonchev–Trinajstić information content (AvgIpc) is 3.01. The first-order valence-electron chi connectivity index (χ1n) is 9.28. The maximum absolute atomic E-state index is 13.5. The van der Waals surface area contributed by atoms with Gasteiger partial charge in [0.15, 0.2) is 5.78 Å². The van der Waals surface area contributed by atoms with Crippen LogP contribution in [-0.4, -0.2) is 40.8 Å². The van der Waals surface area contributed by atoms with Crippen molar-refractivity contribution in [1.82, 2.24) is 0 Å². The van der Waals surface area contributed by atoms with Gasteiger partial charge in [-0.1, -0.05) is 11.6 Å². The second-order valence-electron chi connectivity index (χ2n) is 7.27. The van der Waals surface area contributed by atoms with E-state index in [0.717, 1.165) is 11.0 Å². The lowest BCUT2D eigenvalue weighted by Gasteiger charge is -2.22. The largest absolute Gasteiger partial charge is 0.373 e. The number of hydrogen-bond acceptors (Lipinski definition) is 5. The first-order chi connectivity index (χ1) is 14.5. The minimum atomic E-state index is -2.28. The molecular formula is C21H19ClFN3O5. The van der Waals surface area contributed by atoms with Crippen LogP contribution in [0.2, 0.25) is 5.02 Å². The number of hydrogen-bond donors (Lipinski definition) is 3. The Bertz CT molecular complexity index is 1050. The van der Waals surface area contributed by atoms with Crippen LogP contribution < -0.4 is 16.4 Å². The van der Waals surface area contributed by atoms with Gasteiger partial charge in [-0.25, -0.2) is 4.39 Å². The molecule has 1 unspecified atom stereocenters. The SMILES string of the molecule is NC(=O)c1cc(C(N)=O)cc(N2CCC(O)(C(=O)CCc3cc(F)cc(Cl)c3)C2=O)c1. The zero-order valence-corrected chi connectivity index (χ0v) is 17.0. The van der Waals surface area contributed by atoms with E-state index in [1.807, 2.05) is 0 Å². The molecular weight excluding hydrogens is 429 g/mol. The summed E-state index contributed by atoms with van der Waals surface area (Å²) in [6.07, 6.45) is -0.333. The minimum Gasteiger partial charge on any atom is -0.373 e. The van der Waals surface area contributed by atoms with E-state index in [1.54, 1.807) is 0 Å². The van der Waals surface area contributed by atoms with Crippen molar-refractivity contribution in [3.05, 3.63) is 63.9 Å². The summed E-state index contributed by atoms with van der Waals surface area (Å²) in [6, 6.07) is 7.57. The molecule has 1 saturated heterocycles. The normalized spacial score (nSPS) is 18.3. The Labute approximate surface area is 181 Å². The van der Waals surface area contributed by atoms with Gasteiger partial charge >= 0.3 is 0 Å². The van der Waals surface area contributed by atoms with E-state index in [9.17, 15) is 28.7 Å². The van der Waals surface area contributed by atoms with Gasteiger partial charge in [-0.15, -0.1) is 0 Å². The fraction of sp³-hybridized carbons (Fsp3) is 0.238. The van der Waals surface area contributed by atoms with E-state index >= 15 is 0 Å². The van der Waals surface area contributed by atoms with Crippen LogP contribution in [0.1, 0.15) is 39.1 Å². The van der Waals surface area contributed by atoms with Crippen LogP contribution in [0.3, 0.4) is 0 Å². The molecule has 1 atom stereocenters. The Hall–Kier alpha value is -3.30. The molecule has 0 spiro atoms. The molecule has 1 aliphatic heterocycles. The van der Waals surface area contributed by atoms with Crippen LogP contribution in [0.4, 0.5) is 10.1 Å². The summed E-state index contributed by atoms with van der Waals surface area (Å²) < 4.78 is 13.5. The number of halogens is 2. The summed E-state index contributed by atoms with van der Waals surface area (Å²) in [7, 11) is 0. The summed E-state index contributed by atoms with van der Waals surface area (Å²) in [5.41, 5.74) is 8.70. The lowest BCUT2D eigenvalue weighted by atomic mass is 9.92. The predicted octanol–water partition coefficient (Wildman–Crippen LogP) is 1.35. The molecule has 0 saturated carbocycles. The number of carbonyl (C=O) groups is 4. The minimum absolute atomic E-state index is 0.0344. The highest BCUT2D eigenvalue weighted by molar-refractivity contribution is 6.30. The second kappa shape index (κ2) is 8.44. The van der Waals surface area contributed by atoms with Crippen molar-refractivity contribution in [2.75, 3.05) is 11.4 Å². The van der Waals surface area contributed by atoms with Gasteiger partial charge in [0.25, 0.3) is 5.91 Å². The Morgan fingerprint density at radius 3 is 2.23 bits per heavy atom. The second-order valence-corrected chi connectivity index (χ2v) is 7.70. The monoisotopic (exact) mass is 447 g/mol. The molecule has 0 bridgehead atoms. The first kappa shape index (κ1) is 22.4. The highest BCUT2D eigenvalue weighted by Crippen LogP contribution is 2.31. The smallest absolute Gasteiger partial charge is 0.266 e. The van der Waals surface area contributed by atoms with Crippen molar-refractivity contribution in [3.8, 4) is 0 Å². The van der Waals surface area contributed by atoms with Gasteiger partial charge in [-0.05, 0) is 48.4 Å². The molecule has 0 aromatic heterocycles. The molecule has 1 fully saturated rings. The van der Waals surface area contributed by atoms with Gasteiger partial charge < -0.3 is 21.5 Å². The maximum atomic E-state index is 13.5. The topological polar surface area (TPSA) is 144 Å². The number of benzene rings is 2. The zero-order valence-electron chi connectivity index (χ0n) is 16.2. The maximum Gasteiger partial charge on any atom is 0.266 e. The summed E-state index contributed by atoms with van der Waals surface area (Å²) in [4.78, 5) is 49.8. The number of primary amides is 2. The molecule has 0 radical (unpaired) electrons. The number of amides is 3. The van der Waals surface area contributed by atoms with Gasteiger partial charge in [-0.3, -0.25) is 19.2 Å². The highest BCUT2D eigenvalue weighted by atomic mass is 35.5. The molecule has 0 aliphatic carbocycles. The Balaban J connectivity index is 1.81. The van der Waals surface area contributed by atoms with Crippen LogP contribution in [-0.2, 0) is 16.0 Å². The van der Waals surface area contributed by atoms with E-state index in [2.05, 4.69) is 0 Å². The molecule has 162 valence electrons. The number of aryl methyl sites for hydroxylation is 1. The van der Waals surface area contributed by atoms with E-state index in [4.69, 9.17) is 23.1 Å². The Morgan fingerprint density at radius 1 is 1.06 bits per heavy atom. The molecule has 10 heteroatoms. The molecule has 3 rings (SSSR count). The van der Waals surface area contributed by atoms with Crippen LogP contribution >= 0.6 is 11.6 Å². The lowest BCUT2D eigenvalue weighted by molar-refractivity contribution is -0.147. The van der Waals surface area contributed by atoms with E-state index < -0.39 is 34.9 Å². The summed E-state index contributed by atoms with van der Waals surface area (Å²) >= 11 is 5.80. The number of aliphatic hydroxyl groups is 1. The van der Waals surface area contributed by atoms with Crippen LogP contribution in [0.25, 0.3) is 0 Å². The van der Waals surface area contributed by atoms with Crippen molar-refractivity contribution < 1.29 is 28.7 Å². The van der Waals surface area contributed by atoms with Gasteiger partial charge in [0.2, 0.25) is 17.4 Å². The molecule has 5 N–H and O–H groups in total. The molecule has 2 aromatic carbocycles. The number of carbonyl (C=O) groups excluding carboxylic acids is 4. The number of rotatable bonds is 7. The molecule has 1 heterocycles. The fourth-order valence-corrected chi connectivity index (χ4v) is 3.73. The fourth-order valence-electron chi connectivity index (χ4n) is 3.48. The number of nitrogens with two attached hydrogens (primary N) is 2. The van der Waals surface area contributed by atoms with Crippen molar-refractivity contribution in [2.24, 2.45) is 11.5 Å². The Kier molecular flexibility index (Phi) is 6.10. The summed E-state index contributed by atoms with van der Waals surface area (Å²) in [5.74, 6) is -3.86. The molecule has 3 amide bonds. The van der Waals surface area contributed by atoms with Crippen molar-refractivity contribution >= 4 is 40.8 Å². The number of Topliss-reactive ketones (excluding diaryl/α,β-unsaturated/α-hetero) is 1. The number of nitrogens with zero attached hydrogens (tertiary/aromatic N) is 1. The van der Waals surface area contributed by atoms with E-state index in [1.165, 1.54) is 30.3 Å². The number of anilines is 1. The lowest BCUT2D eigenvalue weighted by Crippen LogP contribution is -2.47. The van der Waals surface area contributed by atoms with Crippen molar-refractivity contribution in [1.29, 1.82) is 0 Å². The third kappa shape index (κ3) is 4.57. The molecule has 2 aromatic rings. The van der Waals surface area contributed by atoms with Crippen LogP contribution in [0.15, 0.2) is 36.4 Å². The van der Waals surface area contributed by atoms with E-state index in [-0.39, 0.29) is 47.6 Å². The van der Waals surface area contributed by atoms with Crippen LogP contribution in [0, 0.1) is 5.82 Å². The zero-order chi connectivity index (χ0) is 22.9. The standard InChI is InChI=1S/C21H19ClFN3O5/c22-14-5-11(6-15(23)10-14)1-2-17(27)21(31)3-4-26(20(21)30)16-8-12(18(24)28)7-13(9-16)19(25)29/h5-10,31H,1-4H2,(H2,24,28)(H2,25,29). The third-order valence-electron chi connectivity index (χ3n) is 5.12. The van der Waals surface area contributed by atoms with Gasteiger partial charge in [-0.2, -0.15) is 0 Å². The van der Waals surface area contributed by atoms with E-state index in [0.29, 0.717) is 5.56 Å². The van der Waals surface area contributed by atoms with Crippen molar-refractivity contribution in [3.63, 3.8) is 0 Å². The summed E-state index contributed by atoms with van der Waals surface area (Å²) in [6.45, 7) is -0.0344. The molecule has 8 nitrogen and oxygen atoms in total. The molecule has 31 heavy (non-hydrogen) atoms. The molecule has 1 aliphatic rings. The van der Waals surface area contributed by atoms with Crippen molar-refractivity contribution in [2.45, 2.75) is 24.9 Å². The Morgan fingerprint density at radius 2 is 1.68 bits per heavy atom. The van der Waals surface area contributed by atoms with Crippen LogP contribution in [0.5, 0.6) is 0 Å². The van der Waals surface area contributed by atoms with Gasteiger partial charge in [0.1, 0.15) is 5.82 Å². The average molecular weight is 448 g/mol. The quantitative estimate of drug-likeness (QED) is 0.549. The van der Waals surface area contributed by atoms with Gasteiger partial charge in [0, 0.05) is 41.2 Å². The predicted molar refractivity (Wildman–Crippen MR) is 110 cm³/mol. The van der Waals surface area contributed by atoms with Gasteiger partial charge in [0.05, 0.1) is 0 Å². The summed E-state index contributed by atoms with van der Waals surface area (Å²) in [5, 5.41) is 11.0. The first-order valence-corrected chi connectivity index (χ1v) is 9.66. The highest BCUT2D eigenvalue weighted by Gasteiger charge is 2.51. The number of ketones is 1. The third-order valence-corrected chi connectivity index (χ3v) is 5.34.